The predicted octanol–water partition coefficient (Wildman–Crippen LogP) is 8.52. The number of tetrazole rings is 3. The highest BCUT2D eigenvalue weighted by Gasteiger charge is 2.03. The van der Waals surface area contributed by atoms with Crippen LogP contribution in [0.15, 0.2) is 124 Å². The molecule has 10 aromatic rings. The Balaban J connectivity index is -0.000000868. The van der Waals surface area contributed by atoms with Crippen LogP contribution in [0, 0.1) is 66.7 Å². The number of aliphatic hydroxyl groups excluding tert-OH is 1. The number of hydrogen-bond donors (Lipinski definition) is 4. The first-order chi connectivity index (χ1) is 39.8. The normalized spacial score (nSPS) is 8.79. The lowest BCUT2D eigenvalue weighted by molar-refractivity contribution is -0.138. The number of ether oxygens (including phenoxy) is 2. The van der Waals surface area contributed by atoms with Crippen molar-refractivity contribution in [1.82, 2.24) is 81.3 Å². The molecule has 0 spiro atoms. The Morgan fingerprint density at radius 1 is 0.690 bits per heavy atom. The molecule has 5 N–H and O–H groups in total. The Bertz CT molecular complexity index is 3140. The minimum absolute atomic E-state index is 0.245. The summed E-state index contributed by atoms with van der Waals surface area (Å²) in [6.07, 6.45) is 0. The van der Waals surface area contributed by atoms with E-state index in [-0.39, 0.29) is 18.5 Å². The molecule has 10 rings (SSSR count). The fraction of sp³-hybridized carbons (Fsp3) is 0.351. The molecule has 0 aliphatic heterocycles. The summed E-state index contributed by atoms with van der Waals surface area (Å²) in [5.74, 6) is 3.36. The number of nitriles is 1. The molecule has 1 amide bonds. The Hall–Kier alpha value is -10.1. The zero-order chi connectivity index (χ0) is 64.3. The van der Waals surface area contributed by atoms with E-state index in [4.69, 9.17) is 24.8 Å². The number of rotatable bonds is 2. The number of benzene rings is 5. The van der Waals surface area contributed by atoms with Crippen molar-refractivity contribution in [2.24, 2.45) is 19.8 Å². The van der Waals surface area contributed by atoms with Crippen molar-refractivity contribution in [3.05, 3.63) is 161 Å². The quantitative estimate of drug-likeness (QED) is 0.118. The minimum atomic E-state index is -0.833. The molecular weight excluding hydrogens is 1080 g/mol. The Morgan fingerprint density at radius 3 is 1.52 bits per heavy atom. The van der Waals surface area contributed by atoms with Gasteiger partial charge in [-0.2, -0.15) is 25.2 Å². The first-order valence-electron chi connectivity index (χ1n) is 25.4. The SMILES string of the molecule is CC#N.CC(=O)O.CC(N)=O.CCO.CCOC.COC(C)=O.Cc1ccc2ccccc2c1.Cc1cccc2ccccc12.Cc1nn[nH]n1.Cc1nnn(C)n1.Cc1nnnn1C.Cc1noc(-c2ccccc2)n1.Cc1noc(C)n1. The number of fused-ring (bicyclic) bond motifs is 2. The molecule has 27 nitrogen and oxygen atoms in total. The number of aryl methyl sites for hydroxylation is 10. The van der Waals surface area contributed by atoms with Gasteiger partial charge in [0.05, 0.1) is 20.2 Å². The second-order valence-corrected chi connectivity index (χ2v) is 16.1. The summed E-state index contributed by atoms with van der Waals surface area (Å²) in [6.45, 7) is 24.9. The predicted molar refractivity (Wildman–Crippen MR) is 319 cm³/mol. The molecule has 0 radical (unpaired) electrons. The molecule has 0 saturated carbocycles. The number of nitrogens with one attached hydrogen (secondary N) is 1. The number of esters is 1. The van der Waals surface area contributed by atoms with E-state index in [1.807, 2.05) is 44.2 Å². The maximum absolute atomic E-state index is 9.59. The smallest absolute Gasteiger partial charge is 0.302 e. The highest BCUT2D eigenvalue weighted by molar-refractivity contribution is 5.85. The van der Waals surface area contributed by atoms with Gasteiger partial charge in [-0.05, 0) is 117 Å². The molecule has 454 valence electrons. The minimum Gasteiger partial charge on any atom is -0.481 e. The maximum Gasteiger partial charge on any atom is 0.302 e. The lowest BCUT2D eigenvalue weighted by atomic mass is 10.1. The Morgan fingerprint density at radius 2 is 1.19 bits per heavy atom. The van der Waals surface area contributed by atoms with E-state index in [0.29, 0.717) is 35.1 Å². The molecule has 0 bridgehead atoms. The summed E-state index contributed by atoms with van der Waals surface area (Å²) in [5.41, 5.74) is 8.10. The van der Waals surface area contributed by atoms with Gasteiger partial charge in [0.15, 0.2) is 23.3 Å². The van der Waals surface area contributed by atoms with E-state index in [1.54, 1.807) is 73.5 Å². The van der Waals surface area contributed by atoms with Gasteiger partial charge in [-0.1, -0.05) is 124 Å². The zero-order valence-electron chi connectivity index (χ0n) is 51.4. The zero-order valence-corrected chi connectivity index (χ0v) is 51.4. The van der Waals surface area contributed by atoms with Crippen molar-refractivity contribution >= 4 is 39.4 Å². The van der Waals surface area contributed by atoms with Crippen molar-refractivity contribution in [3.63, 3.8) is 0 Å². The number of hydrogen-bond acceptors (Lipinski definition) is 22. The summed E-state index contributed by atoms with van der Waals surface area (Å²) < 4.78 is 19.9. The fourth-order valence-corrected chi connectivity index (χ4v) is 4.96. The van der Waals surface area contributed by atoms with Crippen LogP contribution in [0.4, 0.5) is 0 Å². The number of carbonyl (C=O) groups is 3. The van der Waals surface area contributed by atoms with Gasteiger partial charge in [-0.3, -0.25) is 14.4 Å². The number of aliphatic hydroxyl groups is 1. The van der Waals surface area contributed by atoms with Gasteiger partial charge in [0.25, 0.3) is 11.9 Å². The molecule has 5 heterocycles. The van der Waals surface area contributed by atoms with Gasteiger partial charge in [-0.25, -0.2) is 4.68 Å². The third-order valence-electron chi connectivity index (χ3n) is 8.56. The molecule has 5 aromatic carbocycles. The number of nitrogens with zero attached hydrogens (tertiary/aromatic N) is 16. The van der Waals surface area contributed by atoms with E-state index < -0.39 is 5.97 Å². The monoisotopic (exact) mass is 1160 g/mol. The van der Waals surface area contributed by atoms with Gasteiger partial charge in [-0.15, -0.1) is 25.5 Å². The number of primary amides is 1. The molecule has 84 heavy (non-hydrogen) atoms. The Labute approximate surface area is 490 Å². The van der Waals surface area contributed by atoms with Crippen LogP contribution in [0.25, 0.3) is 33.0 Å². The molecule has 0 aliphatic rings. The second-order valence-electron chi connectivity index (χ2n) is 16.1. The van der Waals surface area contributed by atoms with Gasteiger partial charge < -0.3 is 34.5 Å². The largest absolute Gasteiger partial charge is 0.481 e. The summed E-state index contributed by atoms with van der Waals surface area (Å²) in [5, 5.41) is 69.2. The van der Waals surface area contributed by atoms with Crippen molar-refractivity contribution in [2.75, 3.05) is 27.4 Å². The van der Waals surface area contributed by atoms with E-state index in [1.165, 1.54) is 65.3 Å². The number of nitrogens with two attached hydrogens (primary N) is 1. The van der Waals surface area contributed by atoms with Crippen LogP contribution in [-0.2, 0) is 38.0 Å². The lowest BCUT2D eigenvalue weighted by Crippen LogP contribution is -2.01. The number of aliphatic carboxylic acids is 1. The number of carboxylic acids is 1. The fourth-order valence-electron chi connectivity index (χ4n) is 4.96. The second kappa shape index (κ2) is 49.9. The Kier molecular flexibility index (Phi) is 46.5. The van der Waals surface area contributed by atoms with Crippen molar-refractivity contribution in [3.8, 4) is 17.5 Å². The number of aromatic amines is 1. The number of H-pyrrole nitrogens is 1. The summed E-state index contributed by atoms with van der Waals surface area (Å²) in [4.78, 5) is 37.2. The van der Waals surface area contributed by atoms with Crippen molar-refractivity contribution in [2.45, 2.75) is 96.9 Å². The third kappa shape index (κ3) is 44.7. The van der Waals surface area contributed by atoms with Gasteiger partial charge in [0.1, 0.15) is 5.82 Å². The molecule has 5 aromatic heterocycles. The molecular formula is C57H82N18O9. The standard InChI is InChI=1S/2C11H10.C9H8N2O.C4H6N2O.2C3H6N4.C3H6O2.C3H8O.C2H4N4.C2H5NO.C2H3N.C2H4O2.C2H6O/c1-9-5-4-7-10-6-2-3-8-11(9)10;1-9-6-7-10-4-2-3-5-11(10)8-9;1-7-10-9(12-11-7)8-5-3-2-4-6-8;1-3-5-4(2)7-6-3;1-3-4-5-6-7(3)2;1-3-4-6-7(2)5-3;1-3(4)5-2;1-3-4-2;1-2-3-5-6-4-2;1-2(3)4;1-2-3;1-2(3)4;1-2-3/h2*2-8H,1H3;2-6H,1H3;3*1-2H3;1-2H3;3H2,1-2H3;1H3,(H,3,4,5,6);1H3,(H2,3,4);1H3;1H3,(H,3,4);3H,2H2,1H3. The lowest BCUT2D eigenvalue weighted by Gasteiger charge is -1.98. The van der Waals surface area contributed by atoms with Gasteiger partial charge >= 0.3 is 5.97 Å². The van der Waals surface area contributed by atoms with Crippen molar-refractivity contribution in [1.29, 1.82) is 5.26 Å². The average Bonchev–Trinajstić information content (AvgIpc) is 4.47. The van der Waals surface area contributed by atoms with E-state index in [2.05, 4.69) is 190 Å². The summed E-state index contributed by atoms with van der Waals surface area (Å²) in [6, 6.07) is 41.2. The third-order valence-corrected chi connectivity index (χ3v) is 8.56. The number of methoxy groups -OCH3 is 2. The van der Waals surface area contributed by atoms with Gasteiger partial charge in [0, 0.05) is 67.6 Å². The first kappa shape index (κ1) is 78.2. The number of aromatic nitrogens is 16. The highest BCUT2D eigenvalue weighted by atomic mass is 16.5. The number of carbonyl (C=O) groups excluding carboxylic acids is 2. The molecule has 27 heteroatoms. The maximum atomic E-state index is 9.59. The van der Waals surface area contributed by atoms with E-state index in [0.717, 1.165) is 24.9 Å². The van der Waals surface area contributed by atoms with Crippen LogP contribution in [0.5, 0.6) is 0 Å². The van der Waals surface area contributed by atoms with Crippen LogP contribution in [-0.4, -0.2) is 137 Å². The number of carboxylic acid groups (broad SMARTS) is 1. The average molecular weight is 1160 g/mol. The van der Waals surface area contributed by atoms with Crippen LogP contribution in [0.2, 0.25) is 0 Å². The molecule has 0 aliphatic carbocycles. The van der Waals surface area contributed by atoms with E-state index in [9.17, 15) is 9.59 Å². The number of amides is 1. The summed E-state index contributed by atoms with van der Waals surface area (Å²) in [7, 11) is 6.57. The van der Waals surface area contributed by atoms with Crippen molar-refractivity contribution < 1.29 is 43.1 Å². The van der Waals surface area contributed by atoms with Crippen LogP contribution < -0.4 is 5.73 Å². The first-order valence-corrected chi connectivity index (χ1v) is 25.4. The summed E-state index contributed by atoms with van der Waals surface area (Å²) >= 11 is 0. The van der Waals surface area contributed by atoms with Crippen LogP contribution in [0.3, 0.4) is 0 Å². The molecule has 0 atom stereocenters. The van der Waals surface area contributed by atoms with Crippen LogP contribution in [0.1, 0.15) is 87.7 Å². The van der Waals surface area contributed by atoms with Gasteiger partial charge in [0.2, 0.25) is 11.8 Å². The molecule has 0 unspecified atom stereocenters. The highest BCUT2D eigenvalue weighted by Crippen LogP contribution is 2.17. The topological polar surface area (TPSA) is 379 Å². The molecule has 0 saturated heterocycles. The van der Waals surface area contributed by atoms with Crippen LogP contribution >= 0.6 is 0 Å². The molecule has 0 fully saturated rings. The van der Waals surface area contributed by atoms with E-state index >= 15 is 0 Å².